The average molecular weight is 397 g/mol. The number of alkyl halides is 1. The van der Waals surface area contributed by atoms with Crippen molar-refractivity contribution in [3.63, 3.8) is 0 Å². The van der Waals surface area contributed by atoms with Gasteiger partial charge in [-0.2, -0.15) is 0 Å². The van der Waals surface area contributed by atoms with Gasteiger partial charge >= 0.3 is 0 Å². The Morgan fingerprint density at radius 2 is 1.90 bits per heavy atom. The zero-order valence-electron chi connectivity index (χ0n) is 16.8. The molecule has 0 spiro atoms. The molecule has 1 aliphatic carbocycles. The molecule has 0 unspecified atom stereocenters. The van der Waals surface area contributed by atoms with E-state index >= 15 is 0 Å². The molecule has 0 atom stereocenters. The van der Waals surface area contributed by atoms with Crippen molar-refractivity contribution in [2.45, 2.75) is 45.3 Å². The molecule has 154 valence electrons. The Bertz CT molecular complexity index is 833. The summed E-state index contributed by atoms with van der Waals surface area (Å²) in [6.07, 6.45) is 3.52. The number of amides is 1. The fourth-order valence-corrected chi connectivity index (χ4v) is 3.76. The second-order valence-corrected chi connectivity index (χ2v) is 8.09. The van der Waals surface area contributed by atoms with Crippen LogP contribution in [0.3, 0.4) is 0 Å². The van der Waals surface area contributed by atoms with E-state index in [4.69, 9.17) is 4.74 Å². The summed E-state index contributed by atoms with van der Waals surface area (Å²) in [4.78, 5) is 14.2. The van der Waals surface area contributed by atoms with Crippen molar-refractivity contribution in [2.24, 2.45) is 5.92 Å². The Morgan fingerprint density at radius 3 is 2.66 bits per heavy atom. The highest BCUT2D eigenvalue weighted by atomic mass is 19.1. The molecular formula is C24H29FN2O2. The van der Waals surface area contributed by atoms with Gasteiger partial charge in [-0.3, -0.25) is 14.1 Å². The molecule has 1 aliphatic heterocycles. The third kappa shape index (κ3) is 5.57. The number of rotatable bonds is 9. The molecule has 0 bridgehead atoms. The highest BCUT2D eigenvalue weighted by molar-refractivity contribution is 5.80. The van der Waals surface area contributed by atoms with Gasteiger partial charge in [-0.15, -0.1) is 0 Å². The first-order chi connectivity index (χ1) is 14.2. The number of hydrogen-bond acceptors (Lipinski definition) is 3. The first-order valence-corrected chi connectivity index (χ1v) is 10.6. The van der Waals surface area contributed by atoms with E-state index in [0.717, 1.165) is 50.2 Å². The topological polar surface area (TPSA) is 41.6 Å². The molecule has 1 heterocycles. The van der Waals surface area contributed by atoms with Crippen LogP contribution in [0.2, 0.25) is 0 Å². The van der Waals surface area contributed by atoms with Crippen molar-refractivity contribution in [1.82, 2.24) is 10.2 Å². The fourth-order valence-electron chi connectivity index (χ4n) is 3.76. The Kier molecular flexibility index (Phi) is 6.45. The van der Waals surface area contributed by atoms with Gasteiger partial charge < -0.3 is 10.1 Å². The SMILES string of the molecule is O=C(NCc1ccc(CN2CCc3cc(OCCCF)ccc3C2)cc1)C1CC1. The summed E-state index contributed by atoms with van der Waals surface area (Å²) in [5.74, 6) is 1.29. The molecule has 4 rings (SSSR count). The number of benzene rings is 2. The maximum Gasteiger partial charge on any atom is 0.223 e. The monoisotopic (exact) mass is 396 g/mol. The highest BCUT2D eigenvalue weighted by Crippen LogP contribution is 2.29. The largest absolute Gasteiger partial charge is 0.493 e. The van der Waals surface area contributed by atoms with Crippen molar-refractivity contribution in [1.29, 1.82) is 0 Å². The normalized spacial score (nSPS) is 16.3. The average Bonchev–Trinajstić information content (AvgIpc) is 3.59. The van der Waals surface area contributed by atoms with E-state index in [-0.39, 0.29) is 18.5 Å². The quantitative estimate of drug-likeness (QED) is 0.651. The minimum Gasteiger partial charge on any atom is -0.493 e. The van der Waals surface area contributed by atoms with Gasteiger partial charge in [-0.1, -0.05) is 30.3 Å². The lowest BCUT2D eigenvalue weighted by Gasteiger charge is -2.29. The van der Waals surface area contributed by atoms with Crippen LogP contribution in [0, 0.1) is 5.92 Å². The van der Waals surface area contributed by atoms with Crippen LogP contribution in [0.5, 0.6) is 5.75 Å². The lowest BCUT2D eigenvalue weighted by Crippen LogP contribution is -2.30. The standard InChI is InChI=1S/C24H29FN2O2/c25-11-1-13-29-23-9-8-22-17-27(12-10-21(22)14-23)16-19-4-2-18(3-5-19)15-26-24(28)20-6-7-20/h2-5,8-9,14,20H,1,6-7,10-13,15-17H2,(H,26,28). The Morgan fingerprint density at radius 1 is 1.10 bits per heavy atom. The molecule has 0 saturated heterocycles. The van der Waals surface area contributed by atoms with Crippen molar-refractivity contribution in [3.05, 3.63) is 64.7 Å². The van der Waals surface area contributed by atoms with E-state index < -0.39 is 0 Å². The van der Waals surface area contributed by atoms with Crippen LogP contribution >= 0.6 is 0 Å². The van der Waals surface area contributed by atoms with E-state index in [1.54, 1.807) is 0 Å². The summed E-state index contributed by atoms with van der Waals surface area (Å²) < 4.78 is 17.8. The molecule has 1 N–H and O–H groups in total. The van der Waals surface area contributed by atoms with Gasteiger partial charge in [-0.25, -0.2) is 0 Å². The van der Waals surface area contributed by atoms with Gasteiger partial charge in [0.1, 0.15) is 5.75 Å². The van der Waals surface area contributed by atoms with Gasteiger partial charge in [0.15, 0.2) is 0 Å². The summed E-state index contributed by atoms with van der Waals surface area (Å²) in [6, 6.07) is 14.8. The lowest BCUT2D eigenvalue weighted by molar-refractivity contribution is -0.122. The smallest absolute Gasteiger partial charge is 0.223 e. The maximum absolute atomic E-state index is 12.2. The molecule has 2 aromatic rings. The summed E-state index contributed by atoms with van der Waals surface area (Å²) >= 11 is 0. The van der Waals surface area contributed by atoms with Crippen molar-refractivity contribution < 1.29 is 13.9 Å². The van der Waals surface area contributed by atoms with E-state index in [1.807, 2.05) is 6.07 Å². The number of carbonyl (C=O) groups is 1. The van der Waals surface area contributed by atoms with Gasteiger partial charge in [-0.05, 0) is 53.6 Å². The van der Waals surface area contributed by atoms with Crippen molar-refractivity contribution in [3.8, 4) is 5.75 Å². The number of hydrogen-bond donors (Lipinski definition) is 1. The summed E-state index contributed by atoms with van der Waals surface area (Å²) in [6.45, 7) is 3.57. The first kappa shape index (κ1) is 19.9. The zero-order chi connectivity index (χ0) is 20.1. The number of nitrogens with one attached hydrogen (secondary N) is 1. The summed E-state index contributed by atoms with van der Waals surface area (Å²) in [5.41, 5.74) is 5.11. The molecule has 0 aromatic heterocycles. The van der Waals surface area contributed by atoms with Crippen molar-refractivity contribution >= 4 is 5.91 Å². The number of halogens is 1. The van der Waals surface area contributed by atoms with Crippen LogP contribution in [0.1, 0.15) is 41.5 Å². The Hall–Kier alpha value is -2.40. The first-order valence-electron chi connectivity index (χ1n) is 10.6. The predicted octanol–water partition coefficient (Wildman–Crippen LogP) is 4.01. The number of nitrogens with zero attached hydrogens (tertiary/aromatic N) is 1. The molecule has 2 aromatic carbocycles. The van der Waals surface area contributed by atoms with Gasteiger partial charge in [0.2, 0.25) is 5.91 Å². The van der Waals surface area contributed by atoms with Gasteiger partial charge in [0.05, 0.1) is 13.3 Å². The van der Waals surface area contributed by atoms with Crippen molar-refractivity contribution in [2.75, 3.05) is 19.8 Å². The molecule has 1 saturated carbocycles. The third-order valence-corrected chi connectivity index (χ3v) is 5.66. The molecule has 0 radical (unpaired) electrons. The molecule has 2 aliphatic rings. The molecular weight excluding hydrogens is 367 g/mol. The molecule has 4 nitrogen and oxygen atoms in total. The predicted molar refractivity (Wildman–Crippen MR) is 111 cm³/mol. The molecule has 1 fully saturated rings. The van der Waals surface area contributed by atoms with E-state index in [0.29, 0.717) is 19.6 Å². The van der Waals surface area contributed by atoms with Crippen LogP contribution < -0.4 is 10.1 Å². The fraction of sp³-hybridized carbons (Fsp3) is 0.458. The van der Waals surface area contributed by atoms with Crippen LogP contribution in [0.25, 0.3) is 0 Å². The minimum absolute atomic E-state index is 0.192. The van der Waals surface area contributed by atoms with Gasteiger partial charge in [0.25, 0.3) is 0 Å². The second-order valence-electron chi connectivity index (χ2n) is 8.09. The Balaban J connectivity index is 1.27. The van der Waals surface area contributed by atoms with Crippen LogP contribution in [0.15, 0.2) is 42.5 Å². The molecule has 5 heteroatoms. The third-order valence-electron chi connectivity index (χ3n) is 5.66. The Labute approximate surface area is 172 Å². The number of carbonyl (C=O) groups excluding carboxylic acids is 1. The zero-order valence-corrected chi connectivity index (χ0v) is 16.8. The van der Waals surface area contributed by atoms with Gasteiger partial charge in [0, 0.05) is 38.5 Å². The minimum atomic E-state index is -0.337. The summed E-state index contributed by atoms with van der Waals surface area (Å²) in [7, 11) is 0. The lowest BCUT2D eigenvalue weighted by atomic mass is 9.99. The van der Waals surface area contributed by atoms with Crippen LogP contribution in [-0.4, -0.2) is 30.6 Å². The molecule has 1 amide bonds. The summed E-state index contributed by atoms with van der Waals surface area (Å²) in [5, 5.41) is 3.02. The maximum atomic E-state index is 12.2. The highest BCUT2D eigenvalue weighted by Gasteiger charge is 2.29. The number of fused-ring (bicyclic) bond motifs is 1. The van der Waals surface area contributed by atoms with E-state index in [9.17, 15) is 9.18 Å². The number of ether oxygens (including phenoxy) is 1. The molecule has 29 heavy (non-hydrogen) atoms. The second kappa shape index (κ2) is 9.40. The van der Waals surface area contributed by atoms with Crippen LogP contribution in [0.4, 0.5) is 4.39 Å². The van der Waals surface area contributed by atoms with E-state index in [1.165, 1.54) is 16.7 Å². The van der Waals surface area contributed by atoms with Crippen LogP contribution in [-0.2, 0) is 30.8 Å². The van der Waals surface area contributed by atoms with E-state index in [2.05, 4.69) is 46.6 Å².